The molecule has 3 N–H and O–H groups in total. The molecule has 0 aliphatic carbocycles. The molecule has 0 bridgehead atoms. The lowest BCUT2D eigenvalue weighted by Gasteiger charge is -2.36. The SMILES string of the molecule is CC1(C)CCN(C(=O)NCC(O)C(=O)O)CC1. The molecule has 1 aliphatic rings. The topological polar surface area (TPSA) is 89.9 Å². The maximum Gasteiger partial charge on any atom is 0.334 e. The summed E-state index contributed by atoms with van der Waals surface area (Å²) in [5.74, 6) is -1.33. The Balaban J connectivity index is 2.32. The Morgan fingerprint density at radius 2 is 1.88 bits per heavy atom. The van der Waals surface area contributed by atoms with E-state index in [0.717, 1.165) is 12.8 Å². The molecule has 0 radical (unpaired) electrons. The lowest BCUT2D eigenvalue weighted by molar-refractivity contribution is -0.146. The van der Waals surface area contributed by atoms with Crippen LogP contribution in [0.2, 0.25) is 0 Å². The van der Waals surface area contributed by atoms with Gasteiger partial charge >= 0.3 is 12.0 Å². The van der Waals surface area contributed by atoms with E-state index in [9.17, 15) is 9.59 Å². The number of carboxylic acids is 1. The van der Waals surface area contributed by atoms with Crippen LogP contribution in [-0.4, -0.2) is 52.9 Å². The smallest absolute Gasteiger partial charge is 0.334 e. The van der Waals surface area contributed by atoms with E-state index in [2.05, 4.69) is 19.2 Å². The van der Waals surface area contributed by atoms with Gasteiger partial charge in [0.25, 0.3) is 0 Å². The minimum atomic E-state index is -1.54. The number of amides is 2. The largest absolute Gasteiger partial charge is 0.479 e. The third-order valence-corrected chi connectivity index (χ3v) is 3.14. The molecule has 1 atom stereocenters. The number of nitrogens with one attached hydrogen (secondary N) is 1. The van der Waals surface area contributed by atoms with Gasteiger partial charge in [0.05, 0.1) is 6.54 Å². The van der Waals surface area contributed by atoms with Gasteiger partial charge in [0.1, 0.15) is 0 Å². The van der Waals surface area contributed by atoms with Crippen molar-refractivity contribution in [2.45, 2.75) is 32.8 Å². The molecule has 6 nitrogen and oxygen atoms in total. The second-order valence-electron chi connectivity index (χ2n) is 5.19. The van der Waals surface area contributed by atoms with Crippen LogP contribution in [0.4, 0.5) is 4.79 Å². The fraction of sp³-hybridized carbons (Fsp3) is 0.818. The third kappa shape index (κ3) is 4.22. The summed E-state index contributed by atoms with van der Waals surface area (Å²) in [5, 5.41) is 19.9. The number of aliphatic carboxylic acids is 1. The number of carbonyl (C=O) groups is 2. The molecular weight excluding hydrogens is 224 g/mol. The molecule has 1 rings (SSSR count). The van der Waals surface area contributed by atoms with Gasteiger partial charge in [-0.3, -0.25) is 0 Å². The van der Waals surface area contributed by atoms with E-state index in [4.69, 9.17) is 10.2 Å². The molecule has 1 heterocycles. The minimum Gasteiger partial charge on any atom is -0.479 e. The van der Waals surface area contributed by atoms with Gasteiger partial charge < -0.3 is 20.4 Å². The maximum atomic E-state index is 11.6. The zero-order valence-electron chi connectivity index (χ0n) is 10.3. The van der Waals surface area contributed by atoms with Crippen molar-refractivity contribution in [2.24, 2.45) is 5.41 Å². The zero-order chi connectivity index (χ0) is 13.1. The van der Waals surface area contributed by atoms with Crippen LogP contribution in [0.3, 0.4) is 0 Å². The molecule has 17 heavy (non-hydrogen) atoms. The molecule has 0 aromatic rings. The van der Waals surface area contributed by atoms with Gasteiger partial charge in [-0.2, -0.15) is 0 Å². The van der Waals surface area contributed by atoms with Crippen molar-refractivity contribution in [3.05, 3.63) is 0 Å². The normalized spacial score (nSPS) is 20.8. The highest BCUT2D eigenvalue weighted by Crippen LogP contribution is 2.29. The number of aliphatic hydroxyl groups excluding tert-OH is 1. The highest BCUT2D eigenvalue weighted by atomic mass is 16.4. The number of nitrogens with zero attached hydrogens (tertiary/aromatic N) is 1. The quantitative estimate of drug-likeness (QED) is 0.664. The van der Waals surface area contributed by atoms with Crippen molar-refractivity contribution in [3.8, 4) is 0 Å². The Kier molecular flexibility index (Phi) is 4.34. The first kappa shape index (κ1) is 13.8. The zero-order valence-corrected chi connectivity index (χ0v) is 10.3. The Morgan fingerprint density at radius 1 is 1.35 bits per heavy atom. The fourth-order valence-electron chi connectivity index (χ4n) is 1.70. The van der Waals surface area contributed by atoms with Gasteiger partial charge in [0.2, 0.25) is 0 Å². The van der Waals surface area contributed by atoms with E-state index in [1.807, 2.05) is 0 Å². The van der Waals surface area contributed by atoms with Crippen molar-refractivity contribution >= 4 is 12.0 Å². The van der Waals surface area contributed by atoms with Crippen molar-refractivity contribution in [3.63, 3.8) is 0 Å². The molecule has 1 aliphatic heterocycles. The summed E-state index contributed by atoms with van der Waals surface area (Å²) in [7, 11) is 0. The summed E-state index contributed by atoms with van der Waals surface area (Å²) in [6.45, 7) is 5.41. The van der Waals surface area contributed by atoms with Crippen LogP contribution in [-0.2, 0) is 4.79 Å². The van der Waals surface area contributed by atoms with E-state index >= 15 is 0 Å². The van der Waals surface area contributed by atoms with E-state index in [-0.39, 0.29) is 18.0 Å². The van der Waals surface area contributed by atoms with E-state index in [1.54, 1.807) is 4.90 Å². The number of hydrogen-bond donors (Lipinski definition) is 3. The first-order valence-corrected chi connectivity index (χ1v) is 5.75. The average Bonchev–Trinajstić information content (AvgIpc) is 2.25. The van der Waals surface area contributed by atoms with E-state index < -0.39 is 12.1 Å². The molecule has 6 heteroatoms. The summed E-state index contributed by atoms with van der Waals surface area (Å²) >= 11 is 0. The highest BCUT2D eigenvalue weighted by Gasteiger charge is 2.28. The average molecular weight is 244 g/mol. The molecule has 2 amide bonds. The fourth-order valence-corrected chi connectivity index (χ4v) is 1.70. The molecule has 0 aromatic heterocycles. The molecule has 1 unspecified atom stereocenters. The molecule has 0 saturated carbocycles. The maximum absolute atomic E-state index is 11.6. The van der Waals surface area contributed by atoms with Gasteiger partial charge in [0, 0.05) is 13.1 Å². The summed E-state index contributed by atoms with van der Waals surface area (Å²) in [6, 6.07) is -0.305. The predicted molar refractivity (Wildman–Crippen MR) is 61.6 cm³/mol. The van der Waals surface area contributed by atoms with Gasteiger partial charge in [0.15, 0.2) is 6.10 Å². The van der Waals surface area contributed by atoms with Crippen molar-refractivity contribution in [1.29, 1.82) is 0 Å². The van der Waals surface area contributed by atoms with Crippen molar-refractivity contribution < 1.29 is 19.8 Å². The summed E-state index contributed by atoms with van der Waals surface area (Å²) < 4.78 is 0. The number of aliphatic hydroxyl groups is 1. The van der Waals surface area contributed by atoms with Crippen LogP contribution < -0.4 is 5.32 Å². The Morgan fingerprint density at radius 3 is 2.35 bits per heavy atom. The number of hydrogen-bond acceptors (Lipinski definition) is 3. The summed E-state index contributed by atoms with van der Waals surface area (Å²) in [4.78, 5) is 23.7. The van der Waals surface area contributed by atoms with Crippen molar-refractivity contribution in [2.75, 3.05) is 19.6 Å². The number of carboxylic acid groups (broad SMARTS) is 1. The van der Waals surface area contributed by atoms with Crippen LogP contribution in [0.5, 0.6) is 0 Å². The van der Waals surface area contributed by atoms with E-state index in [1.165, 1.54) is 0 Å². The lowest BCUT2D eigenvalue weighted by atomic mass is 9.83. The molecule has 98 valence electrons. The molecule has 1 saturated heterocycles. The summed E-state index contributed by atoms with van der Waals surface area (Å²) in [6.07, 6.45) is 0.323. The van der Waals surface area contributed by atoms with Gasteiger partial charge in [-0.15, -0.1) is 0 Å². The molecule has 1 fully saturated rings. The lowest BCUT2D eigenvalue weighted by Crippen LogP contribution is -2.48. The van der Waals surface area contributed by atoms with Gasteiger partial charge in [-0.05, 0) is 18.3 Å². The molecule has 0 aromatic carbocycles. The second kappa shape index (κ2) is 5.35. The van der Waals surface area contributed by atoms with Crippen LogP contribution in [0.15, 0.2) is 0 Å². The van der Waals surface area contributed by atoms with Crippen LogP contribution in [0.1, 0.15) is 26.7 Å². The highest BCUT2D eigenvalue weighted by molar-refractivity contribution is 5.76. The van der Waals surface area contributed by atoms with Crippen molar-refractivity contribution in [1.82, 2.24) is 10.2 Å². The number of carbonyl (C=O) groups excluding carboxylic acids is 1. The van der Waals surface area contributed by atoms with Crippen LogP contribution >= 0.6 is 0 Å². The van der Waals surface area contributed by atoms with Crippen LogP contribution in [0.25, 0.3) is 0 Å². The van der Waals surface area contributed by atoms with E-state index in [0.29, 0.717) is 13.1 Å². The number of likely N-dealkylation sites (tertiary alicyclic amines) is 1. The summed E-state index contributed by atoms with van der Waals surface area (Å²) in [5.41, 5.74) is 0.261. The predicted octanol–water partition coefficient (Wildman–Crippen LogP) is 0.263. The second-order valence-corrected chi connectivity index (χ2v) is 5.19. The number of piperidine rings is 1. The first-order chi connectivity index (χ1) is 7.82. The van der Waals surface area contributed by atoms with Gasteiger partial charge in [-0.25, -0.2) is 9.59 Å². The van der Waals surface area contributed by atoms with Crippen LogP contribution in [0, 0.1) is 5.41 Å². The third-order valence-electron chi connectivity index (χ3n) is 3.14. The Hall–Kier alpha value is -1.30. The standard InChI is InChI=1S/C11H20N2O4/c1-11(2)3-5-13(6-4-11)10(17)12-7-8(14)9(15)16/h8,14H,3-7H2,1-2H3,(H,12,17)(H,15,16). The Labute approximate surface area is 101 Å². The monoisotopic (exact) mass is 244 g/mol. The number of urea groups is 1. The van der Waals surface area contributed by atoms with Gasteiger partial charge in [-0.1, -0.05) is 13.8 Å². The number of rotatable bonds is 3. The molecular formula is C11H20N2O4. The Bertz CT molecular complexity index is 294. The molecule has 0 spiro atoms. The minimum absolute atomic E-state index is 0.256. The first-order valence-electron chi connectivity index (χ1n) is 5.75.